The van der Waals surface area contributed by atoms with Crippen molar-refractivity contribution in [1.82, 2.24) is 5.32 Å². The third-order valence-electron chi connectivity index (χ3n) is 3.52. The van der Waals surface area contributed by atoms with Crippen molar-refractivity contribution in [2.75, 3.05) is 14.2 Å². The van der Waals surface area contributed by atoms with E-state index in [2.05, 4.69) is 47.8 Å². The van der Waals surface area contributed by atoms with Gasteiger partial charge in [0.1, 0.15) is 0 Å². The predicted octanol–water partition coefficient (Wildman–Crippen LogP) is 4.50. The maximum absolute atomic E-state index is 12.7. The van der Waals surface area contributed by atoms with Crippen LogP contribution in [0.5, 0.6) is 11.5 Å². The normalized spacial score (nSPS) is 12.1. The van der Waals surface area contributed by atoms with Crippen molar-refractivity contribution in [3.63, 3.8) is 0 Å². The first kappa shape index (κ1) is 18.1. The quantitative estimate of drug-likeness (QED) is 0.667. The number of ether oxygens (including phenoxy) is 2. The number of halogens is 1. The van der Waals surface area contributed by atoms with Crippen molar-refractivity contribution >= 4 is 39.8 Å². The van der Waals surface area contributed by atoms with Gasteiger partial charge in [-0.2, -0.15) is 0 Å². The molecule has 1 heterocycles. The summed E-state index contributed by atoms with van der Waals surface area (Å²) in [7, 11) is 3.15. The molecule has 0 spiro atoms. The number of methoxy groups -OCH3 is 2. The molecule has 1 unspecified atom stereocenters. The molecule has 1 aromatic carbocycles. The molecule has 0 saturated heterocycles. The van der Waals surface area contributed by atoms with Crippen molar-refractivity contribution in [3.05, 3.63) is 43.7 Å². The van der Waals surface area contributed by atoms with E-state index in [0.717, 1.165) is 8.45 Å². The summed E-state index contributed by atoms with van der Waals surface area (Å²) in [6, 6.07) is 7.58. The second kappa shape index (κ2) is 8.01. The molecule has 1 atom stereocenters. The number of amides is 1. The highest BCUT2D eigenvalue weighted by atomic mass is 127. The molecule has 0 bridgehead atoms. The monoisotopic (exact) mass is 445 g/mol. The molecule has 1 amide bonds. The van der Waals surface area contributed by atoms with Crippen LogP contribution in [0.15, 0.2) is 29.6 Å². The lowest BCUT2D eigenvalue weighted by Crippen LogP contribution is -2.31. The number of benzene rings is 1. The molecule has 124 valence electrons. The van der Waals surface area contributed by atoms with Crippen LogP contribution in [0.4, 0.5) is 0 Å². The highest BCUT2D eigenvalue weighted by molar-refractivity contribution is 14.1. The molecular formula is C17H20INO3S. The Hall–Kier alpha value is -1.28. The fourth-order valence-corrected chi connectivity index (χ4v) is 3.91. The molecule has 1 N–H and O–H groups in total. The second-order valence-electron chi connectivity index (χ2n) is 5.40. The molecule has 0 aliphatic heterocycles. The van der Waals surface area contributed by atoms with Gasteiger partial charge in [0.2, 0.25) is 0 Å². The minimum atomic E-state index is -0.109. The zero-order valence-corrected chi connectivity index (χ0v) is 16.5. The number of hydrogen-bond acceptors (Lipinski definition) is 4. The predicted molar refractivity (Wildman–Crippen MR) is 102 cm³/mol. The van der Waals surface area contributed by atoms with Crippen LogP contribution in [0.2, 0.25) is 0 Å². The summed E-state index contributed by atoms with van der Waals surface area (Å²) in [6.07, 6.45) is 0. The van der Waals surface area contributed by atoms with Crippen molar-refractivity contribution in [1.29, 1.82) is 0 Å². The topological polar surface area (TPSA) is 47.6 Å². The number of carbonyl (C=O) groups is 1. The van der Waals surface area contributed by atoms with Crippen LogP contribution in [-0.2, 0) is 0 Å². The van der Waals surface area contributed by atoms with Crippen molar-refractivity contribution in [3.8, 4) is 11.5 Å². The van der Waals surface area contributed by atoms with Crippen molar-refractivity contribution < 1.29 is 14.3 Å². The molecule has 2 rings (SSSR count). The van der Waals surface area contributed by atoms with Gasteiger partial charge in [0.25, 0.3) is 5.91 Å². The van der Waals surface area contributed by atoms with Gasteiger partial charge in [0.15, 0.2) is 11.5 Å². The molecule has 0 saturated carbocycles. The summed E-state index contributed by atoms with van der Waals surface area (Å²) in [5.41, 5.74) is 0.588. The van der Waals surface area contributed by atoms with Crippen LogP contribution in [0, 0.1) is 9.49 Å². The molecule has 6 heteroatoms. The van der Waals surface area contributed by atoms with Crippen LogP contribution < -0.4 is 14.8 Å². The summed E-state index contributed by atoms with van der Waals surface area (Å²) in [6.45, 7) is 4.20. The maximum Gasteiger partial charge on any atom is 0.253 e. The molecule has 1 aromatic heterocycles. The van der Waals surface area contributed by atoms with E-state index in [4.69, 9.17) is 9.47 Å². The van der Waals surface area contributed by atoms with Gasteiger partial charge in [-0.15, -0.1) is 11.3 Å². The fourth-order valence-electron chi connectivity index (χ4n) is 2.28. The lowest BCUT2D eigenvalue weighted by Gasteiger charge is -2.22. The highest BCUT2D eigenvalue weighted by Crippen LogP contribution is 2.32. The van der Waals surface area contributed by atoms with Gasteiger partial charge < -0.3 is 14.8 Å². The Balaban J connectivity index is 2.29. The van der Waals surface area contributed by atoms with Gasteiger partial charge in [-0.05, 0) is 52.1 Å². The van der Waals surface area contributed by atoms with Gasteiger partial charge in [-0.3, -0.25) is 4.79 Å². The smallest absolute Gasteiger partial charge is 0.253 e. The van der Waals surface area contributed by atoms with Gasteiger partial charge in [-0.25, -0.2) is 0 Å². The molecule has 0 radical (unpaired) electrons. The lowest BCUT2D eigenvalue weighted by atomic mass is 10.0. The van der Waals surface area contributed by atoms with E-state index in [9.17, 15) is 4.79 Å². The second-order valence-corrected chi connectivity index (χ2v) is 7.54. The number of thiophene rings is 1. The summed E-state index contributed by atoms with van der Waals surface area (Å²) in [4.78, 5) is 13.9. The van der Waals surface area contributed by atoms with E-state index in [0.29, 0.717) is 23.0 Å². The van der Waals surface area contributed by atoms with E-state index in [-0.39, 0.29) is 11.9 Å². The Morgan fingerprint density at radius 1 is 1.22 bits per heavy atom. The number of rotatable bonds is 6. The van der Waals surface area contributed by atoms with Gasteiger partial charge in [0.05, 0.1) is 25.8 Å². The van der Waals surface area contributed by atoms with Crippen LogP contribution in [-0.4, -0.2) is 20.1 Å². The third-order valence-corrected chi connectivity index (χ3v) is 5.37. The molecule has 23 heavy (non-hydrogen) atoms. The Morgan fingerprint density at radius 2 is 1.87 bits per heavy atom. The van der Waals surface area contributed by atoms with Crippen LogP contribution >= 0.6 is 33.9 Å². The zero-order valence-electron chi connectivity index (χ0n) is 13.6. The molecular weight excluding hydrogens is 425 g/mol. The molecule has 4 nitrogen and oxygen atoms in total. The first-order chi connectivity index (χ1) is 11.0. The third kappa shape index (κ3) is 4.17. The van der Waals surface area contributed by atoms with Gasteiger partial charge >= 0.3 is 0 Å². The Kier molecular flexibility index (Phi) is 6.29. The summed E-state index contributed by atoms with van der Waals surface area (Å²) in [5.74, 6) is 1.36. The van der Waals surface area contributed by atoms with Crippen LogP contribution in [0.3, 0.4) is 0 Å². The Morgan fingerprint density at radius 3 is 2.39 bits per heavy atom. The zero-order chi connectivity index (χ0) is 17.0. The standard InChI is InChI=1S/C17H20INO3S/c1-10(2)16(15-6-5-7-23-15)19-17(20)11-8-13(21-3)14(22-4)9-12(11)18/h5-10,16H,1-4H3,(H,19,20). The van der Waals surface area contributed by atoms with E-state index in [1.54, 1.807) is 31.6 Å². The summed E-state index contributed by atoms with van der Waals surface area (Å²) >= 11 is 3.79. The average molecular weight is 445 g/mol. The van der Waals surface area contributed by atoms with Crippen LogP contribution in [0.1, 0.15) is 35.1 Å². The minimum Gasteiger partial charge on any atom is -0.493 e. The summed E-state index contributed by atoms with van der Waals surface area (Å²) in [5, 5.41) is 5.16. The van der Waals surface area contributed by atoms with E-state index in [1.165, 1.54) is 0 Å². The number of carbonyl (C=O) groups excluding carboxylic acids is 1. The lowest BCUT2D eigenvalue weighted by molar-refractivity contribution is 0.0925. The Bertz CT molecular complexity index is 671. The van der Waals surface area contributed by atoms with E-state index >= 15 is 0 Å². The number of nitrogens with one attached hydrogen (secondary N) is 1. The average Bonchev–Trinajstić information content (AvgIpc) is 3.05. The van der Waals surface area contributed by atoms with Gasteiger partial charge in [-0.1, -0.05) is 19.9 Å². The van der Waals surface area contributed by atoms with Gasteiger partial charge in [0, 0.05) is 8.45 Å². The first-order valence-corrected chi connectivity index (χ1v) is 9.19. The van der Waals surface area contributed by atoms with Crippen molar-refractivity contribution in [2.24, 2.45) is 5.92 Å². The summed E-state index contributed by atoms with van der Waals surface area (Å²) < 4.78 is 11.4. The fraction of sp³-hybridized carbons (Fsp3) is 0.353. The minimum absolute atomic E-state index is 0.00797. The molecule has 0 aliphatic carbocycles. The van der Waals surface area contributed by atoms with Crippen molar-refractivity contribution in [2.45, 2.75) is 19.9 Å². The Labute approximate surface area is 154 Å². The largest absolute Gasteiger partial charge is 0.493 e. The number of hydrogen-bond donors (Lipinski definition) is 1. The molecule has 2 aromatic rings. The van der Waals surface area contributed by atoms with E-state index < -0.39 is 0 Å². The van der Waals surface area contributed by atoms with Crippen LogP contribution in [0.25, 0.3) is 0 Å². The highest BCUT2D eigenvalue weighted by Gasteiger charge is 2.22. The first-order valence-electron chi connectivity index (χ1n) is 7.23. The molecule has 0 fully saturated rings. The SMILES string of the molecule is COc1cc(I)c(C(=O)NC(c2cccs2)C(C)C)cc1OC. The maximum atomic E-state index is 12.7. The molecule has 0 aliphatic rings. The van der Waals surface area contributed by atoms with E-state index in [1.807, 2.05) is 17.5 Å².